The molecule has 0 saturated heterocycles. The van der Waals surface area contributed by atoms with Gasteiger partial charge in [0.05, 0.1) is 18.4 Å². The Kier molecular flexibility index (Phi) is 6.91. The Morgan fingerprint density at radius 1 is 1.19 bits per heavy atom. The third-order valence-corrected chi connectivity index (χ3v) is 3.63. The molecule has 2 amide bonds. The van der Waals surface area contributed by atoms with E-state index in [1.165, 1.54) is 6.07 Å². The van der Waals surface area contributed by atoms with Gasteiger partial charge in [0.1, 0.15) is 5.75 Å². The van der Waals surface area contributed by atoms with Crippen molar-refractivity contribution in [3.8, 4) is 5.75 Å². The molecule has 26 heavy (non-hydrogen) atoms. The molecule has 0 aliphatic carbocycles. The van der Waals surface area contributed by atoms with Crippen molar-refractivity contribution in [1.82, 2.24) is 5.32 Å². The van der Waals surface area contributed by atoms with E-state index in [1.807, 2.05) is 26.0 Å². The lowest BCUT2D eigenvalue weighted by Gasteiger charge is -2.15. The van der Waals surface area contributed by atoms with Crippen molar-refractivity contribution in [2.45, 2.75) is 26.4 Å². The molecular formula is C19H22F2N2O3. The Morgan fingerprint density at radius 3 is 2.65 bits per heavy atom. The monoisotopic (exact) mass is 364 g/mol. The molecule has 0 heterocycles. The normalized spacial score (nSPS) is 11.7. The summed E-state index contributed by atoms with van der Waals surface area (Å²) < 4.78 is 31.7. The van der Waals surface area contributed by atoms with E-state index < -0.39 is 23.8 Å². The number of nitrogens with one attached hydrogen (secondary N) is 2. The Bertz CT molecular complexity index is 768. The van der Waals surface area contributed by atoms with Crippen LogP contribution in [-0.4, -0.2) is 24.3 Å². The molecule has 3 N–H and O–H groups in total. The molecule has 0 spiro atoms. The zero-order chi connectivity index (χ0) is 19.1. The molecule has 2 aromatic carbocycles. The lowest BCUT2D eigenvalue weighted by atomic mass is 10.1. The van der Waals surface area contributed by atoms with Crippen molar-refractivity contribution in [1.29, 1.82) is 0 Å². The summed E-state index contributed by atoms with van der Waals surface area (Å²) in [6.45, 7) is 4.26. The third kappa shape index (κ3) is 5.42. The molecule has 2 aromatic rings. The number of benzene rings is 2. The number of hydrogen-bond donors (Lipinski definition) is 3. The van der Waals surface area contributed by atoms with Crippen LogP contribution in [0.5, 0.6) is 5.75 Å². The number of hydrogen-bond acceptors (Lipinski definition) is 3. The van der Waals surface area contributed by atoms with Crippen molar-refractivity contribution >= 4 is 11.7 Å². The maximum absolute atomic E-state index is 13.2. The van der Waals surface area contributed by atoms with E-state index in [0.29, 0.717) is 18.0 Å². The highest BCUT2D eigenvalue weighted by Gasteiger charge is 2.13. The molecule has 140 valence electrons. The average Bonchev–Trinajstić information content (AvgIpc) is 2.62. The summed E-state index contributed by atoms with van der Waals surface area (Å²) in [6, 6.07) is 7.93. The number of amides is 2. The number of aliphatic hydroxyl groups is 1. The van der Waals surface area contributed by atoms with Crippen LogP contribution < -0.4 is 15.4 Å². The highest BCUT2D eigenvalue weighted by molar-refractivity contribution is 5.91. The quantitative estimate of drug-likeness (QED) is 0.697. The highest BCUT2D eigenvalue weighted by atomic mass is 19.2. The fourth-order valence-corrected chi connectivity index (χ4v) is 2.26. The molecule has 0 radical (unpaired) electrons. The van der Waals surface area contributed by atoms with Gasteiger partial charge >= 0.3 is 6.03 Å². The summed E-state index contributed by atoms with van der Waals surface area (Å²) in [5, 5.41) is 15.1. The molecule has 7 heteroatoms. The average molecular weight is 364 g/mol. The summed E-state index contributed by atoms with van der Waals surface area (Å²) in [7, 11) is 0. The van der Waals surface area contributed by atoms with Crippen LogP contribution in [0.4, 0.5) is 19.3 Å². The van der Waals surface area contributed by atoms with Gasteiger partial charge in [0, 0.05) is 6.54 Å². The molecule has 0 aromatic heterocycles. The first-order valence-electron chi connectivity index (χ1n) is 8.32. The molecule has 0 fully saturated rings. The Hall–Kier alpha value is -2.67. The van der Waals surface area contributed by atoms with Crippen molar-refractivity contribution in [3.05, 3.63) is 59.2 Å². The van der Waals surface area contributed by atoms with Gasteiger partial charge in [-0.3, -0.25) is 0 Å². The number of aryl methyl sites for hydroxylation is 1. The molecule has 0 bridgehead atoms. The number of halogens is 2. The van der Waals surface area contributed by atoms with Crippen LogP contribution in [0.25, 0.3) is 0 Å². The fourth-order valence-electron chi connectivity index (χ4n) is 2.26. The topological polar surface area (TPSA) is 70.6 Å². The first kappa shape index (κ1) is 19.7. The number of carbonyl (C=O) groups is 1. The second kappa shape index (κ2) is 9.15. The van der Waals surface area contributed by atoms with E-state index in [2.05, 4.69) is 10.6 Å². The first-order valence-corrected chi connectivity index (χ1v) is 8.32. The number of rotatable bonds is 7. The van der Waals surface area contributed by atoms with Crippen LogP contribution >= 0.6 is 0 Å². The van der Waals surface area contributed by atoms with Gasteiger partial charge in [0.25, 0.3) is 0 Å². The van der Waals surface area contributed by atoms with E-state index in [4.69, 9.17) is 4.74 Å². The SMILES string of the molecule is CCCOc1cc(C)ccc1NC(=O)NCC(O)c1ccc(F)c(F)c1. The molecule has 1 unspecified atom stereocenters. The summed E-state index contributed by atoms with van der Waals surface area (Å²) >= 11 is 0. The van der Waals surface area contributed by atoms with Gasteiger partial charge in [0.15, 0.2) is 11.6 Å². The van der Waals surface area contributed by atoms with Crippen LogP contribution in [0.1, 0.15) is 30.6 Å². The van der Waals surface area contributed by atoms with Crippen molar-refractivity contribution < 1.29 is 23.4 Å². The van der Waals surface area contributed by atoms with Crippen molar-refractivity contribution in [2.24, 2.45) is 0 Å². The van der Waals surface area contributed by atoms with E-state index in [9.17, 15) is 18.7 Å². The van der Waals surface area contributed by atoms with Crippen LogP contribution in [-0.2, 0) is 0 Å². The maximum Gasteiger partial charge on any atom is 0.319 e. The van der Waals surface area contributed by atoms with Gasteiger partial charge in [0.2, 0.25) is 0 Å². The van der Waals surface area contributed by atoms with E-state index in [-0.39, 0.29) is 12.1 Å². The Morgan fingerprint density at radius 2 is 1.96 bits per heavy atom. The van der Waals surface area contributed by atoms with Crippen LogP contribution in [0.3, 0.4) is 0 Å². The molecule has 1 atom stereocenters. The zero-order valence-electron chi connectivity index (χ0n) is 14.7. The summed E-state index contributed by atoms with van der Waals surface area (Å²) in [4.78, 5) is 12.1. The maximum atomic E-state index is 13.2. The Balaban J connectivity index is 1.95. The molecule has 0 aliphatic heterocycles. The van der Waals surface area contributed by atoms with E-state index in [0.717, 1.165) is 24.1 Å². The smallest absolute Gasteiger partial charge is 0.319 e. The summed E-state index contributed by atoms with van der Waals surface area (Å²) in [5.74, 6) is -1.49. The zero-order valence-corrected chi connectivity index (χ0v) is 14.7. The number of urea groups is 1. The minimum Gasteiger partial charge on any atom is -0.491 e. The Labute approximate surface area is 151 Å². The van der Waals surface area contributed by atoms with Crippen molar-refractivity contribution in [3.63, 3.8) is 0 Å². The molecule has 5 nitrogen and oxygen atoms in total. The predicted molar refractivity (Wildman–Crippen MR) is 95.3 cm³/mol. The van der Waals surface area contributed by atoms with Gasteiger partial charge in [-0.15, -0.1) is 0 Å². The summed E-state index contributed by atoms with van der Waals surface area (Å²) in [6.07, 6.45) is -0.329. The van der Waals surface area contributed by atoms with Crippen LogP contribution in [0.15, 0.2) is 36.4 Å². The molecular weight excluding hydrogens is 342 g/mol. The number of anilines is 1. The number of ether oxygens (including phenoxy) is 1. The first-order chi connectivity index (χ1) is 12.4. The standard InChI is InChI=1S/C19H22F2N2O3/c1-3-8-26-18-9-12(2)4-7-16(18)23-19(25)22-11-17(24)13-5-6-14(20)15(21)10-13/h4-7,9-10,17,24H,3,8,11H2,1-2H3,(H2,22,23,25). The minimum atomic E-state index is -1.16. The van der Waals surface area contributed by atoms with E-state index in [1.54, 1.807) is 6.07 Å². The highest BCUT2D eigenvalue weighted by Crippen LogP contribution is 2.26. The van der Waals surface area contributed by atoms with Gasteiger partial charge < -0.3 is 20.5 Å². The minimum absolute atomic E-state index is 0.159. The predicted octanol–water partition coefficient (Wildman–Crippen LogP) is 3.92. The molecule has 0 saturated carbocycles. The van der Waals surface area contributed by atoms with Crippen molar-refractivity contribution in [2.75, 3.05) is 18.5 Å². The van der Waals surface area contributed by atoms with Crippen LogP contribution in [0, 0.1) is 18.6 Å². The van der Waals surface area contributed by atoms with E-state index >= 15 is 0 Å². The largest absolute Gasteiger partial charge is 0.491 e. The van der Waals surface area contributed by atoms with Gasteiger partial charge in [-0.25, -0.2) is 13.6 Å². The fraction of sp³-hybridized carbons (Fsp3) is 0.316. The second-order valence-corrected chi connectivity index (χ2v) is 5.87. The summed E-state index contributed by atoms with van der Waals surface area (Å²) in [5.41, 5.74) is 1.67. The second-order valence-electron chi connectivity index (χ2n) is 5.87. The number of carbonyl (C=O) groups excluding carboxylic acids is 1. The van der Waals surface area contributed by atoms with Gasteiger partial charge in [-0.2, -0.15) is 0 Å². The molecule has 0 aliphatic rings. The lowest BCUT2D eigenvalue weighted by molar-refractivity contribution is 0.174. The lowest BCUT2D eigenvalue weighted by Crippen LogP contribution is -2.32. The molecule has 2 rings (SSSR count). The number of aliphatic hydroxyl groups excluding tert-OH is 1. The third-order valence-electron chi connectivity index (χ3n) is 3.63. The van der Waals surface area contributed by atoms with Crippen LogP contribution in [0.2, 0.25) is 0 Å². The van der Waals surface area contributed by atoms with Gasteiger partial charge in [-0.05, 0) is 48.7 Å². The van der Waals surface area contributed by atoms with Gasteiger partial charge in [-0.1, -0.05) is 19.1 Å².